The lowest BCUT2D eigenvalue weighted by Crippen LogP contribution is -2.57. The number of carbonyl (C=O) groups excluding carboxylic acids is 3. The minimum absolute atomic E-state index is 0.00896. The van der Waals surface area contributed by atoms with Gasteiger partial charge >= 0.3 is 0 Å². The van der Waals surface area contributed by atoms with Crippen LogP contribution in [0.1, 0.15) is 120 Å². The van der Waals surface area contributed by atoms with Crippen molar-refractivity contribution in [3.05, 3.63) is 70.4 Å². The third-order valence-corrected chi connectivity index (χ3v) is 17.0. The van der Waals surface area contributed by atoms with Crippen LogP contribution in [0.15, 0.2) is 48.0 Å². The molecule has 386 valence electrons. The van der Waals surface area contributed by atoms with Crippen molar-refractivity contribution in [2.24, 2.45) is 28.6 Å². The molecule has 1 saturated heterocycles. The summed E-state index contributed by atoms with van der Waals surface area (Å²) < 4.78 is 17.2. The van der Waals surface area contributed by atoms with E-state index in [2.05, 4.69) is 40.6 Å². The topological polar surface area (TPSA) is 183 Å². The Morgan fingerprint density at radius 1 is 0.943 bits per heavy atom. The minimum atomic E-state index is -0.911. The average molecular weight is 988 g/mol. The molecular formula is C55H81N5O9S. The fourth-order valence-corrected chi connectivity index (χ4v) is 12.9. The number of amides is 3. The highest BCUT2D eigenvalue weighted by molar-refractivity contribution is 7.13. The van der Waals surface area contributed by atoms with E-state index in [4.69, 9.17) is 14.2 Å². The van der Waals surface area contributed by atoms with E-state index in [0.717, 1.165) is 73.3 Å². The first kappa shape index (κ1) is 53.8. The molecule has 0 bridgehead atoms. The number of unbranched alkanes of at least 4 members (excludes halogenated alkanes) is 2. The Balaban J connectivity index is 0.721. The number of nitrogens with one attached hydrogen (secondary N) is 2. The van der Waals surface area contributed by atoms with Crippen molar-refractivity contribution in [1.82, 2.24) is 25.4 Å². The van der Waals surface area contributed by atoms with Gasteiger partial charge in [-0.05, 0) is 134 Å². The number of aromatic hydroxyl groups is 1. The summed E-state index contributed by atoms with van der Waals surface area (Å²) >= 11 is 1.58. The Morgan fingerprint density at radius 3 is 2.39 bits per heavy atom. The van der Waals surface area contributed by atoms with Crippen LogP contribution >= 0.6 is 11.3 Å². The molecule has 5 N–H and O–H groups in total. The lowest BCUT2D eigenvalue weighted by molar-refractivity contribution is -0.144. The molecule has 2 saturated carbocycles. The largest absolute Gasteiger partial charge is 0.508 e. The molecular weight excluding hydrogens is 907 g/mol. The van der Waals surface area contributed by atoms with Crippen molar-refractivity contribution in [2.45, 2.75) is 142 Å². The number of fused-ring (bicyclic) bond motifs is 5. The first-order valence-electron chi connectivity index (χ1n) is 26.0. The summed E-state index contributed by atoms with van der Waals surface area (Å²) in [6.07, 6.45) is 9.21. The van der Waals surface area contributed by atoms with Crippen LogP contribution in [0.25, 0.3) is 10.4 Å². The number of aliphatic hydroxyl groups is 2. The number of likely N-dealkylation sites (tertiary alicyclic amines) is 1. The number of hydrogen-bond acceptors (Lipinski definition) is 12. The zero-order chi connectivity index (χ0) is 50.0. The molecule has 9 atom stereocenters. The number of aryl methyl sites for hydroxylation is 1. The van der Waals surface area contributed by atoms with Crippen molar-refractivity contribution in [3.8, 4) is 16.2 Å². The van der Waals surface area contributed by atoms with Crippen LogP contribution in [-0.2, 0) is 41.6 Å². The fraction of sp³-hybridized carbons (Fsp3) is 0.673. The van der Waals surface area contributed by atoms with Crippen LogP contribution in [0.4, 0.5) is 0 Å². The first-order chi connectivity index (χ1) is 33.5. The highest BCUT2D eigenvalue weighted by Gasteiger charge is 2.56. The Morgan fingerprint density at radius 2 is 1.67 bits per heavy atom. The second-order valence-corrected chi connectivity index (χ2v) is 22.8. The number of carbonyl (C=O) groups is 3. The van der Waals surface area contributed by atoms with Crippen LogP contribution in [0, 0.1) is 35.5 Å². The molecule has 3 amide bonds. The van der Waals surface area contributed by atoms with Crippen LogP contribution in [0.3, 0.4) is 0 Å². The number of β-amino-alcohol motifs (C(OH)–C–C–N with tert-alkyl or cyclic N) is 1. The Bertz CT molecular complexity index is 2180. The van der Waals surface area contributed by atoms with Crippen LogP contribution in [-0.4, -0.2) is 138 Å². The van der Waals surface area contributed by atoms with Gasteiger partial charge in [0, 0.05) is 32.5 Å². The molecule has 1 aromatic heterocycles. The van der Waals surface area contributed by atoms with Crippen LogP contribution in [0.5, 0.6) is 5.75 Å². The zero-order valence-corrected chi connectivity index (χ0v) is 43.4. The number of rotatable bonds is 24. The highest BCUT2D eigenvalue weighted by Crippen LogP contribution is 2.62. The van der Waals surface area contributed by atoms with Gasteiger partial charge < -0.3 is 50.0 Å². The van der Waals surface area contributed by atoms with Gasteiger partial charge in [0.2, 0.25) is 17.7 Å². The molecule has 2 heterocycles. The number of benzene rings is 2. The zero-order valence-electron chi connectivity index (χ0n) is 42.6. The van der Waals surface area contributed by atoms with Crippen molar-refractivity contribution < 1.29 is 43.9 Å². The summed E-state index contributed by atoms with van der Waals surface area (Å²) in [6.45, 7) is 14.5. The molecule has 7 rings (SSSR count). The molecule has 3 aromatic rings. The smallest absolute Gasteiger partial charge is 0.246 e. The number of nitrogens with zero attached hydrogens (tertiary/aromatic N) is 3. The summed E-state index contributed by atoms with van der Waals surface area (Å²) in [4.78, 5) is 49.6. The molecule has 1 aliphatic heterocycles. The third-order valence-electron chi connectivity index (χ3n) is 16.0. The number of likely N-dealkylation sites (N-methyl/N-ethyl adjacent to an activating group) is 1. The van der Waals surface area contributed by atoms with Gasteiger partial charge in [0.25, 0.3) is 0 Å². The predicted molar refractivity (Wildman–Crippen MR) is 272 cm³/mol. The summed E-state index contributed by atoms with van der Waals surface area (Å²) in [5.74, 6) is 1.62. The van der Waals surface area contributed by atoms with E-state index >= 15 is 0 Å². The number of phenolic OH excluding ortho intramolecular Hbond substituents is 1. The van der Waals surface area contributed by atoms with Crippen LogP contribution < -0.4 is 10.6 Å². The molecule has 3 unspecified atom stereocenters. The van der Waals surface area contributed by atoms with Gasteiger partial charge in [0.15, 0.2) is 0 Å². The summed E-state index contributed by atoms with van der Waals surface area (Å²) in [7, 11) is 2.14. The minimum Gasteiger partial charge on any atom is -0.508 e. The maximum Gasteiger partial charge on any atom is 0.246 e. The van der Waals surface area contributed by atoms with E-state index in [1.54, 1.807) is 11.3 Å². The SMILES string of the molecule is Cc1ncsc1-c1ccc(CNC(=O)[C@@H]2C[C@@H](O)CN2C(=O)C(NC(=O)CCOCCOCCOCCN(C)CCCCC[C@@H]2Cc3cc(O)ccc3C3CC[C@]4(C)[C@@H](O)CC[C@H]4C32)C(C)(C)C)cc1. The summed E-state index contributed by atoms with van der Waals surface area (Å²) in [5, 5.41) is 37.7. The van der Waals surface area contributed by atoms with Crippen molar-refractivity contribution >= 4 is 29.1 Å². The molecule has 0 radical (unpaired) electrons. The fourth-order valence-electron chi connectivity index (χ4n) is 12.0. The number of hydrogen-bond donors (Lipinski definition) is 5. The maximum absolute atomic E-state index is 14.0. The summed E-state index contributed by atoms with van der Waals surface area (Å²) in [5.41, 5.74) is 6.93. The molecule has 0 spiro atoms. The number of thiazole rings is 1. The van der Waals surface area contributed by atoms with Crippen molar-refractivity contribution in [2.75, 3.05) is 66.3 Å². The van der Waals surface area contributed by atoms with Gasteiger partial charge in [-0.3, -0.25) is 14.4 Å². The molecule has 14 nitrogen and oxygen atoms in total. The van der Waals surface area contributed by atoms with E-state index in [9.17, 15) is 29.7 Å². The van der Waals surface area contributed by atoms with Crippen molar-refractivity contribution in [1.29, 1.82) is 0 Å². The normalized spacial score (nSPS) is 25.6. The molecule has 3 fully saturated rings. The van der Waals surface area contributed by atoms with E-state index < -0.39 is 29.5 Å². The summed E-state index contributed by atoms with van der Waals surface area (Å²) in [6, 6.07) is 12.2. The number of phenols is 1. The van der Waals surface area contributed by atoms with E-state index in [-0.39, 0.29) is 55.9 Å². The lowest BCUT2D eigenvalue weighted by Gasteiger charge is -2.53. The first-order valence-corrected chi connectivity index (χ1v) is 26.9. The third kappa shape index (κ3) is 13.6. The Labute approximate surface area is 420 Å². The van der Waals surface area contributed by atoms with E-state index in [1.165, 1.54) is 35.3 Å². The standard InChI is InChI=1S/C55H81N5O9S/c1-36-50(70-35-57-36)38-13-11-37(12-14-38)33-56-52(65)46-32-42(62)34-60(46)53(66)51(54(2,3)4)58-48(64)20-24-67-26-28-69-29-27-68-25-23-59(6)22-9-7-8-10-39-30-40-31-41(61)15-16-43(40)44-19-21-55(5)45(49(39)44)17-18-47(55)63/h11-16,31,35,39,42,44-47,49,51,61-63H,7-10,17-30,32-34H2,1-6H3,(H,56,65)(H,58,64)/t39-,42-,44?,45+,46+,47+,49?,51?,55+/m1/s1. The van der Waals surface area contributed by atoms with Gasteiger partial charge in [-0.15, -0.1) is 11.3 Å². The molecule has 70 heavy (non-hydrogen) atoms. The predicted octanol–water partition coefficient (Wildman–Crippen LogP) is 7.01. The molecule has 3 aliphatic carbocycles. The molecule has 4 aliphatic rings. The van der Waals surface area contributed by atoms with Gasteiger partial charge in [-0.25, -0.2) is 4.98 Å². The van der Waals surface area contributed by atoms with Gasteiger partial charge in [0.1, 0.15) is 17.8 Å². The second kappa shape index (κ2) is 24.6. The Hall–Kier alpha value is -3.96. The maximum atomic E-state index is 14.0. The average Bonchev–Trinajstić information content (AvgIpc) is 4.03. The monoisotopic (exact) mass is 988 g/mol. The van der Waals surface area contributed by atoms with E-state index in [1.807, 2.05) is 69.6 Å². The van der Waals surface area contributed by atoms with Gasteiger partial charge in [-0.2, -0.15) is 0 Å². The quantitative estimate of drug-likeness (QED) is 0.0583. The molecule has 15 heteroatoms. The van der Waals surface area contributed by atoms with E-state index in [0.29, 0.717) is 62.5 Å². The number of ether oxygens (including phenoxy) is 3. The lowest BCUT2D eigenvalue weighted by atomic mass is 9.52. The van der Waals surface area contributed by atoms with Crippen LogP contribution in [0.2, 0.25) is 0 Å². The van der Waals surface area contributed by atoms with Crippen molar-refractivity contribution in [3.63, 3.8) is 0 Å². The Kier molecular flexibility index (Phi) is 18.9. The second-order valence-electron chi connectivity index (χ2n) is 22.0. The van der Waals surface area contributed by atoms with Gasteiger partial charge in [-0.1, -0.05) is 70.9 Å². The highest BCUT2D eigenvalue weighted by atomic mass is 32.1. The molecule has 2 aromatic carbocycles. The number of aliphatic hydroxyl groups excluding tert-OH is 2. The number of aromatic nitrogens is 1. The van der Waals surface area contributed by atoms with Gasteiger partial charge in [0.05, 0.1) is 67.9 Å².